The third kappa shape index (κ3) is 6.74. The van der Waals surface area contributed by atoms with E-state index in [0.717, 1.165) is 24.2 Å². The number of rotatable bonds is 11. The molecule has 0 radical (unpaired) electrons. The lowest BCUT2D eigenvalue weighted by Crippen LogP contribution is -2.42. The molecule has 2 amide bonds. The Morgan fingerprint density at radius 3 is 2.42 bits per heavy atom. The van der Waals surface area contributed by atoms with Gasteiger partial charge in [-0.1, -0.05) is 24.3 Å². The van der Waals surface area contributed by atoms with Crippen molar-refractivity contribution in [1.29, 1.82) is 0 Å². The maximum atomic E-state index is 14.8. The normalized spacial score (nSPS) is 14.9. The van der Waals surface area contributed by atoms with Crippen LogP contribution in [0.15, 0.2) is 79.1 Å². The van der Waals surface area contributed by atoms with Crippen molar-refractivity contribution in [3.63, 3.8) is 0 Å². The zero-order valence-electron chi connectivity index (χ0n) is 30.2. The van der Waals surface area contributed by atoms with E-state index in [1.54, 1.807) is 66.5 Å². The van der Waals surface area contributed by atoms with Gasteiger partial charge in [-0.25, -0.2) is 0 Å². The van der Waals surface area contributed by atoms with Gasteiger partial charge in [0.1, 0.15) is 5.75 Å². The number of nitrogens with zero attached hydrogens (tertiary/aromatic N) is 6. The Morgan fingerprint density at radius 1 is 0.981 bits per heavy atom. The predicted octanol–water partition coefficient (Wildman–Crippen LogP) is 5.78. The Hall–Kier alpha value is -5.59. The largest absolute Gasteiger partial charge is 0.508 e. The SMILES string of the molecule is COCCN(C)CCn1c(-c2cc3c(cc2C(=O)N2Cc4ccccc4C[C@H]2C)OCO3)cc(C(=O)N(c2ccc(O)cc2)c2cnn(C)c2)c1C. The zero-order valence-corrected chi connectivity index (χ0v) is 30.2. The Bertz CT molecular complexity index is 2100. The Labute approximate surface area is 303 Å². The highest BCUT2D eigenvalue weighted by atomic mass is 16.7. The first-order chi connectivity index (χ1) is 25.1. The predicted molar refractivity (Wildman–Crippen MR) is 197 cm³/mol. The van der Waals surface area contributed by atoms with Crippen LogP contribution in [0.25, 0.3) is 11.3 Å². The second-order valence-corrected chi connectivity index (χ2v) is 13.5. The van der Waals surface area contributed by atoms with Gasteiger partial charge in [0.25, 0.3) is 11.8 Å². The first kappa shape index (κ1) is 34.8. The van der Waals surface area contributed by atoms with Crippen LogP contribution in [0.5, 0.6) is 17.2 Å². The number of aromatic nitrogens is 3. The molecule has 1 atom stereocenters. The number of phenolic OH excluding ortho intramolecular Hbond substituents is 1. The number of anilines is 2. The number of amides is 2. The molecule has 12 heteroatoms. The van der Waals surface area contributed by atoms with E-state index >= 15 is 0 Å². The molecule has 0 bridgehead atoms. The minimum absolute atomic E-state index is 0.0286. The van der Waals surface area contributed by atoms with Crippen LogP contribution in [-0.4, -0.2) is 87.8 Å². The van der Waals surface area contributed by atoms with Crippen molar-refractivity contribution in [3.05, 3.63) is 107 Å². The van der Waals surface area contributed by atoms with Crippen molar-refractivity contribution in [2.75, 3.05) is 45.5 Å². The molecule has 1 N–H and O–H groups in total. The van der Waals surface area contributed by atoms with E-state index in [1.165, 1.54) is 5.56 Å². The van der Waals surface area contributed by atoms with Crippen molar-refractivity contribution < 1.29 is 28.9 Å². The van der Waals surface area contributed by atoms with Crippen molar-refractivity contribution in [1.82, 2.24) is 24.1 Å². The van der Waals surface area contributed by atoms with Crippen molar-refractivity contribution in [3.8, 4) is 28.5 Å². The number of carbonyl (C=O) groups is 2. The van der Waals surface area contributed by atoms with Gasteiger partial charge in [-0.05, 0) is 80.9 Å². The molecule has 5 aromatic rings. The summed E-state index contributed by atoms with van der Waals surface area (Å²) < 4.78 is 20.7. The number of methoxy groups -OCH3 is 1. The first-order valence-corrected chi connectivity index (χ1v) is 17.4. The Morgan fingerprint density at radius 2 is 1.71 bits per heavy atom. The van der Waals surface area contributed by atoms with Gasteiger partial charge in [0.15, 0.2) is 11.5 Å². The smallest absolute Gasteiger partial charge is 0.264 e. The van der Waals surface area contributed by atoms with Crippen molar-refractivity contribution >= 4 is 23.2 Å². The molecule has 7 rings (SSSR count). The summed E-state index contributed by atoms with van der Waals surface area (Å²) in [5.41, 5.74) is 6.57. The molecule has 12 nitrogen and oxygen atoms in total. The van der Waals surface area contributed by atoms with Crippen LogP contribution < -0.4 is 14.4 Å². The molecule has 4 heterocycles. The molecule has 2 aliphatic heterocycles. The Kier molecular flexibility index (Phi) is 9.76. The second-order valence-electron chi connectivity index (χ2n) is 13.5. The number of carbonyl (C=O) groups excluding carboxylic acids is 2. The lowest BCUT2D eigenvalue weighted by Gasteiger charge is -2.35. The van der Waals surface area contributed by atoms with Crippen LogP contribution in [0.2, 0.25) is 0 Å². The van der Waals surface area contributed by atoms with Gasteiger partial charge >= 0.3 is 0 Å². The van der Waals surface area contributed by atoms with Crippen LogP contribution in [0.4, 0.5) is 11.4 Å². The fraction of sp³-hybridized carbons (Fsp3) is 0.325. The number of ether oxygens (including phenoxy) is 3. The number of phenols is 1. The third-order valence-electron chi connectivity index (χ3n) is 10.0. The molecule has 0 spiro atoms. The summed E-state index contributed by atoms with van der Waals surface area (Å²) in [7, 11) is 5.51. The molecule has 52 heavy (non-hydrogen) atoms. The van der Waals surface area contributed by atoms with Crippen molar-refractivity contribution in [2.45, 2.75) is 39.4 Å². The van der Waals surface area contributed by atoms with Gasteiger partial charge in [-0.3, -0.25) is 19.2 Å². The highest BCUT2D eigenvalue weighted by Gasteiger charge is 2.33. The minimum atomic E-state index is -0.279. The molecule has 270 valence electrons. The highest BCUT2D eigenvalue weighted by molar-refractivity contribution is 6.12. The van der Waals surface area contributed by atoms with E-state index in [2.05, 4.69) is 33.6 Å². The molecular weight excluding hydrogens is 660 g/mol. The monoisotopic (exact) mass is 704 g/mol. The third-order valence-corrected chi connectivity index (χ3v) is 10.0. The first-order valence-electron chi connectivity index (χ1n) is 17.4. The molecule has 0 saturated carbocycles. The van der Waals surface area contributed by atoms with Gasteiger partial charge in [-0.2, -0.15) is 5.10 Å². The Balaban J connectivity index is 1.36. The van der Waals surface area contributed by atoms with E-state index in [0.29, 0.717) is 71.5 Å². The van der Waals surface area contributed by atoms with Crippen LogP contribution >= 0.6 is 0 Å². The molecule has 0 aliphatic carbocycles. The molecule has 0 saturated heterocycles. The van der Waals surface area contributed by atoms with Gasteiger partial charge in [-0.15, -0.1) is 0 Å². The van der Waals surface area contributed by atoms with Gasteiger partial charge in [0.05, 0.1) is 35.3 Å². The van der Waals surface area contributed by atoms with Crippen LogP contribution in [-0.2, 0) is 31.3 Å². The molecule has 0 fully saturated rings. The average Bonchev–Trinajstić information content (AvgIpc) is 3.87. The van der Waals surface area contributed by atoms with Gasteiger partial charge < -0.3 is 33.7 Å². The average molecular weight is 705 g/mol. The van der Waals surface area contributed by atoms with E-state index in [4.69, 9.17) is 14.2 Å². The quantitative estimate of drug-likeness (QED) is 0.184. The summed E-state index contributed by atoms with van der Waals surface area (Å²) in [6.07, 6.45) is 4.16. The van der Waals surface area contributed by atoms with Gasteiger partial charge in [0.2, 0.25) is 6.79 Å². The summed E-state index contributed by atoms with van der Waals surface area (Å²) in [4.78, 5) is 35.2. The number of aryl methyl sites for hydroxylation is 1. The number of likely N-dealkylation sites (N-methyl/N-ethyl adjacent to an activating group) is 1. The number of hydrogen-bond donors (Lipinski definition) is 1. The molecule has 2 aromatic heterocycles. The standard InChI is InChI=1S/C40H44N6O6/c1-26-18-28-8-6-7-9-29(28)23-45(26)39(48)35-21-38-37(51-25-52-38)20-34(35)36-19-33(27(2)44(36)15-14-42(3)16-17-50-5)40(49)46(31-22-41-43(4)24-31)30-10-12-32(47)13-11-30/h6-13,19-22,24,26,47H,14-18,23,25H2,1-5H3/t26-/m1/s1. The number of hydrogen-bond acceptors (Lipinski definition) is 8. The number of aromatic hydroxyl groups is 1. The summed E-state index contributed by atoms with van der Waals surface area (Å²) in [6, 6.07) is 20.3. The van der Waals surface area contributed by atoms with Crippen LogP contribution in [0.1, 0.15) is 44.5 Å². The maximum Gasteiger partial charge on any atom is 0.264 e. The van der Waals surface area contributed by atoms with E-state index in [1.807, 2.05) is 43.1 Å². The van der Waals surface area contributed by atoms with E-state index in [9.17, 15) is 14.7 Å². The number of benzene rings is 3. The van der Waals surface area contributed by atoms with E-state index < -0.39 is 0 Å². The van der Waals surface area contributed by atoms with Gasteiger partial charge in [0, 0.05) is 69.5 Å². The summed E-state index contributed by atoms with van der Waals surface area (Å²) in [5, 5.41) is 14.4. The van der Waals surface area contributed by atoms with Crippen molar-refractivity contribution in [2.24, 2.45) is 7.05 Å². The summed E-state index contributed by atoms with van der Waals surface area (Å²) >= 11 is 0. The molecule has 2 aliphatic rings. The fourth-order valence-electron chi connectivity index (χ4n) is 7.07. The lowest BCUT2D eigenvalue weighted by molar-refractivity contribution is 0.0658. The van der Waals surface area contributed by atoms with E-state index in [-0.39, 0.29) is 30.4 Å². The number of fused-ring (bicyclic) bond motifs is 2. The summed E-state index contributed by atoms with van der Waals surface area (Å²) in [6.45, 7) is 7.08. The topological polar surface area (TPSA) is 115 Å². The van der Waals surface area contributed by atoms with Crippen LogP contribution in [0, 0.1) is 6.92 Å². The fourth-order valence-corrected chi connectivity index (χ4v) is 7.07. The second kappa shape index (κ2) is 14.6. The summed E-state index contributed by atoms with van der Waals surface area (Å²) in [5.74, 6) is 0.750. The molecular formula is C40H44N6O6. The minimum Gasteiger partial charge on any atom is -0.508 e. The zero-order chi connectivity index (χ0) is 36.5. The lowest BCUT2D eigenvalue weighted by atomic mass is 9.93. The maximum absolute atomic E-state index is 14.8. The molecule has 3 aromatic carbocycles. The molecule has 0 unspecified atom stereocenters. The van der Waals surface area contributed by atoms with Crippen LogP contribution in [0.3, 0.4) is 0 Å². The highest BCUT2D eigenvalue weighted by Crippen LogP contribution is 2.42.